The van der Waals surface area contributed by atoms with E-state index in [9.17, 15) is 8.42 Å². The summed E-state index contributed by atoms with van der Waals surface area (Å²) >= 11 is 0. The van der Waals surface area contributed by atoms with Gasteiger partial charge in [0, 0.05) is 26.7 Å². The summed E-state index contributed by atoms with van der Waals surface area (Å²) in [7, 11) is -2.09. The van der Waals surface area contributed by atoms with Crippen molar-refractivity contribution in [3.8, 4) is 0 Å². The zero-order valence-corrected chi connectivity index (χ0v) is 13.4. The second kappa shape index (κ2) is 9.11. The number of ether oxygens (including phenoxy) is 1. The first-order valence-electron chi connectivity index (χ1n) is 6.95. The maximum absolute atomic E-state index is 12.5. The van der Waals surface area contributed by atoms with E-state index in [0.717, 1.165) is 12.1 Å². The van der Waals surface area contributed by atoms with Gasteiger partial charge in [-0.3, -0.25) is 0 Å². The molecule has 6 nitrogen and oxygen atoms in total. The molecular weight excluding hydrogens is 292 g/mol. The summed E-state index contributed by atoms with van der Waals surface area (Å²) in [6.07, 6.45) is 0. The number of aliphatic hydroxyl groups excluding tert-OH is 1. The summed E-state index contributed by atoms with van der Waals surface area (Å²) in [5, 5.41) is 12.2. The van der Waals surface area contributed by atoms with E-state index >= 15 is 0 Å². The molecule has 0 bridgehead atoms. The summed E-state index contributed by atoms with van der Waals surface area (Å²) in [5.41, 5.74) is 1.03. The Morgan fingerprint density at radius 1 is 1.24 bits per heavy atom. The van der Waals surface area contributed by atoms with Crippen molar-refractivity contribution in [1.82, 2.24) is 9.62 Å². The highest BCUT2D eigenvalue weighted by Crippen LogP contribution is 2.16. The highest BCUT2D eigenvalue weighted by Gasteiger charge is 2.23. The Kier molecular flexibility index (Phi) is 7.84. The van der Waals surface area contributed by atoms with E-state index in [4.69, 9.17) is 9.84 Å². The SMILES string of the molecule is CCNCc1ccc(S(=O)(=O)N(CCO)CCOC)cc1. The highest BCUT2D eigenvalue weighted by atomic mass is 32.2. The number of rotatable bonds is 10. The summed E-state index contributed by atoms with van der Waals surface area (Å²) in [6.45, 7) is 3.94. The van der Waals surface area contributed by atoms with Crippen LogP contribution in [0.2, 0.25) is 0 Å². The van der Waals surface area contributed by atoms with Crippen molar-refractivity contribution in [1.29, 1.82) is 0 Å². The molecule has 1 aromatic rings. The van der Waals surface area contributed by atoms with E-state index in [0.29, 0.717) is 6.54 Å². The summed E-state index contributed by atoms with van der Waals surface area (Å²) in [4.78, 5) is 0.229. The third-order valence-corrected chi connectivity index (χ3v) is 4.95. The number of hydrogen-bond acceptors (Lipinski definition) is 5. The van der Waals surface area contributed by atoms with E-state index < -0.39 is 10.0 Å². The van der Waals surface area contributed by atoms with Crippen LogP contribution in [0.5, 0.6) is 0 Å². The van der Waals surface area contributed by atoms with E-state index in [-0.39, 0.29) is 31.2 Å². The average molecular weight is 316 g/mol. The van der Waals surface area contributed by atoms with Gasteiger partial charge in [-0.2, -0.15) is 4.31 Å². The van der Waals surface area contributed by atoms with Gasteiger partial charge in [0.05, 0.1) is 18.1 Å². The molecule has 0 aliphatic heterocycles. The zero-order chi connectivity index (χ0) is 15.7. The van der Waals surface area contributed by atoms with Crippen LogP contribution in [0.15, 0.2) is 29.2 Å². The number of nitrogens with zero attached hydrogens (tertiary/aromatic N) is 1. The van der Waals surface area contributed by atoms with Crippen molar-refractivity contribution in [3.05, 3.63) is 29.8 Å². The van der Waals surface area contributed by atoms with Gasteiger partial charge in [-0.1, -0.05) is 19.1 Å². The van der Waals surface area contributed by atoms with Gasteiger partial charge in [-0.25, -0.2) is 8.42 Å². The van der Waals surface area contributed by atoms with Crippen LogP contribution in [0.3, 0.4) is 0 Å². The molecule has 0 unspecified atom stereocenters. The summed E-state index contributed by atoms with van der Waals surface area (Å²) in [6, 6.07) is 6.78. The van der Waals surface area contributed by atoms with E-state index in [2.05, 4.69) is 5.32 Å². The highest BCUT2D eigenvalue weighted by molar-refractivity contribution is 7.89. The van der Waals surface area contributed by atoms with Gasteiger partial charge in [-0.15, -0.1) is 0 Å². The largest absolute Gasteiger partial charge is 0.395 e. The lowest BCUT2D eigenvalue weighted by Crippen LogP contribution is -2.36. The first kappa shape index (κ1) is 18.1. The number of nitrogens with one attached hydrogen (secondary N) is 1. The molecular formula is C14H24N2O4S. The lowest BCUT2D eigenvalue weighted by Gasteiger charge is -2.21. The minimum absolute atomic E-state index is 0.0604. The molecule has 0 spiro atoms. The lowest BCUT2D eigenvalue weighted by atomic mass is 10.2. The fourth-order valence-electron chi connectivity index (χ4n) is 1.85. The van der Waals surface area contributed by atoms with Gasteiger partial charge in [0.25, 0.3) is 0 Å². The van der Waals surface area contributed by atoms with Crippen LogP contribution < -0.4 is 5.32 Å². The summed E-state index contributed by atoms with van der Waals surface area (Å²) < 4.78 is 31.1. The van der Waals surface area contributed by atoms with Gasteiger partial charge in [0.2, 0.25) is 10.0 Å². The second-order valence-electron chi connectivity index (χ2n) is 4.54. The molecule has 0 saturated carbocycles. The minimum atomic E-state index is -3.60. The number of benzene rings is 1. The zero-order valence-electron chi connectivity index (χ0n) is 12.6. The van der Waals surface area contributed by atoms with Crippen molar-refractivity contribution in [3.63, 3.8) is 0 Å². The van der Waals surface area contributed by atoms with Crippen LogP contribution in [0.25, 0.3) is 0 Å². The maximum atomic E-state index is 12.5. The van der Waals surface area contributed by atoms with Crippen molar-refractivity contribution >= 4 is 10.0 Å². The molecule has 1 aromatic carbocycles. The van der Waals surface area contributed by atoms with Gasteiger partial charge < -0.3 is 15.2 Å². The fourth-order valence-corrected chi connectivity index (χ4v) is 3.27. The van der Waals surface area contributed by atoms with E-state index in [1.54, 1.807) is 24.3 Å². The third-order valence-electron chi connectivity index (χ3n) is 3.03. The molecule has 0 fully saturated rings. The third kappa shape index (κ3) is 5.37. The molecule has 2 N–H and O–H groups in total. The molecule has 0 aliphatic carbocycles. The Bertz CT molecular complexity index is 502. The molecule has 0 amide bonds. The Morgan fingerprint density at radius 3 is 2.43 bits per heavy atom. The lowest BCUT2D eigenvalue weighted by molar-refractivity contribution is 0.168. The molecule has 0 saturated heterocycles. The maximum Gasteiger partial charge on any atom is 0.243 e. The molecule has 0 heterocycles. The van der Waals surface area contributed by atoms with E-state index in [1.807, 2.05) is 6.92 Å². The first-order valence-corrected chi connectivity index (χ1v) is 8.39. The Hall–Kier alpha value is -0.990. The van der Waals surface area contributed by atoms with Crippen LogP contribution in [0.1, 0.15) is 12.5 Å². The predicted molar refractivity (Wildman–Crippen MR) is 81.5 cm³/mol. The Morgan fingerprint density at radius 2 is 1.90 bits per heavy atom. The molecule has 21 heavy (non-hydrogen) atoms. The van der Waals surface area contributed by atoms with Crippen LogP contribution in [0, 0.1) is 0 Å². The number of methoxy groups -OCH3 is 1. The molecule has 7 heteroatoms. The normalized spacial score (nSPS) is 12.0. The van der Waals surface area contributed by atoms with Gasteiger partial charge in [-0.05, 0) is 24.2 Å². The van der Waals surface area contributed by atoms with Crippen LogP contribution in [-0.4, -0.2) is 57.8 Å². The van der Waals surface area contributed by atoms with Crippen molar-refractivity contribution < 1.29 is 18.3 Å². The van der Waals surface area contributed by atoms with Gasteiger partial charge in [0.1, 0.15) is 0 Å². The van der Waals surface area contributed by atoms with Crippen molar-refractivity contribution in [2.24, 2.45) is 0 Å². The smallest absolute Gasteiger partial charge is 0.243 e. The van der Waals surface area contributed by atoms with Crippen LogP contribution in [-0.2, 0) is 21.3 Å². The number of sulfonamides is 1. The minimum Gasteiger partial charge on any atom is -0.395 e. The van der Waals surface area contributed by atoms with Gasteiger partial charge in [0.15, 0.2) is 0 Å². The van der Waals surface area contributed by atoms with Crippen LogP contribution in [0.4, 0.5) is 0 Å². The quantitative estimate of drug-likeness (QED) is 0.654. The Labute approximate surface area is 126 Å². The number of hydrogen-bond donors (Lipinski definition) is 2. The second-order valence-corrected chi connectivity index (χ2v) is 6.48. The molecule has 120 valence electrons. The molecule has 0 atom stereocenters. The standard InChI is InChI=1S/C14H24N2O4S/c1-3-15-12-13-4-6-14(7-5-13)21(18,19)16(8-10-17)9-11-20-2/h4-7,15,17H,3,8-12H2,1-2H3. The molecule has 0 radical (unpaired) electrons. The first-order chi connectivity index (χ1) is 10.1. The fraction of sp³-hybridized carbons (Fsp3) is 0.571. The molecule has 0 aromatic heterocycles. The van der Waals surface area contributed by atoms with E-state index in [1.165, 1.54) is 11.4 Å². The van der Waals surface area contributed by atoms with Crippen molar-refractivity contribution in [2.45, 2.75) is 18.4 Å². The topological polar surface area (TPSA) is 78.9 Å². The molecule has 0 aliphatic rings. The summed E-state index contributed by atoms with van der Waals surface area (Å²) in [5.74, 6) is 0. The number of aliphatic hydroxyl groups is 1. The van der Waals surface area contributed by atoms with Gasteiger partial charge >= 0.3 is 0 Å². The van der Waals surface area contributed by atoms with Crippen molar-refractivity contribution in [2.75, 3.05) is 40.0 Å². The van der Waals surface area contributed by atoms with Crippen LogP contribution >= 0.6 is 0 Å². The Balaban J connectivity index is 2.88. The molecule has 1 rings (SSSR count). The monoisotopic (exact) mass is 316 g/mol. The average Bonchev–Trinajstić information content (AvgIpc) is 2.49. The predicted octanol–water partition coefficient (Wildman–Crippen LogP) is 0.425.